The van der Waals surface area contributed by atoms with Crippen molar-refractivity contribution >= 4 is 22.7 Å². The van der Waals surface area contributed by atoms with Gasteiger partial charge in [-0.2, -0.15) is 0 Å². The number of aromatic amines is 1. The summed E-state index contributed by atoms with van der Waals surface area (Å²) in [6.45, 7) is 6.26. The van der Waals surface area contributed by atoms with Crippen LogP contribution in [0.1, 0.15) is 29.1 Å². The number of aryl methyl sites for hydroxylation is 2. The molecule has 22 heavy (non-hydrogen) atoms. The van der Waals surface area contributed by atoms with Crippen LogP contribution in [0.15, 0.2) is 52.2 Å². The molecule has 0 saturated carbocycles. The Morgan fingerprint density at radius 3 is 2.73 bits per heavy atom. The predicted octanol–water partition coefficient (Wildman–Crippen LogP) is 4.39. The molecule has 112 valence electrons. The summed E-state index contributed by atoms with van der Waals surface area (Å²) in [5, 5.41) is 0.716. The maximum atomic E-state index is 12.2. The van der Waals surface area contributed by atoms with E-state index in [4.69, 9.17) is 0 Å². The molecule has 2 aromatic carbocycles. The zero-order chi connectivity index (χ0) is 15.7. The van der Waals surface area contributed by atoms with Crippen LogP contribution < -0.4 is 5.56 Å². The molecule has 3 aromatic rings. The lowest BCUT2D eigenvalue weighted by molar-refractivity contribution is 0.922. The molecule has 0 fully saturated rings. The van der Waals surface area contributed by atoms with Crippen LogP contribution in [-0.2, 0) is 0 Å². The second kappa shape index (κ2) is 5.97. The van der Waals surface area contributed by atoms with Gasteiger partial charge >= 0.3 is 0 Å². The summed E-state index contributed by atoms with van der Waals surface area (Å²) in [7, 11) is 0. The number of para-hydroxylation sites is 1. The van der Waals surface area contributed by atoms with Gasteiger partial charge in [0.2, 0.25) is 0 Å². The highest BCUT2D eigenvalue weighted by atomic mass is 32.2. The quantitative estimate of drug-likeness (QED) is 0.730. The van der Waals surface area contributed by atoms with Crippen molar-refractivity contribution < 1.29 is 0 Å². The standard InChI is InChI=1S/C18H18N2OS/c1-11-8-9-12(2)16(10-11)22-13(3)17-19-15-7-5-4-6-14(15)18(21)20-17/h4-10,13H,1-3H3,(H,19,20,21). The van der Waals surface area contributed by atoms with E-state index in [2.05, 4.69) is 48.9 Å². The van der Waals surface area contributed by atoms with Gasteiger partial charge in [0, 0.05) is 4.90 Å². The Kier molecular flexibility index (Phi) is 4.03. The summed E-state index contributed by atoms with van der Waals surface area (Å²) in [4.78, 5) is 20.9. The van der Waals surface area contributed by atoms with E-state index in [1.165, 1.54) is 16.0 Å². The normalized spacial score (nSPS) is 12.5. The van der Waals surface area contributed by atoms with Gasteiger partial charge in [0.05, 0.1) is 16.2 Å². The zero-order valence-corrected chi connectivity index (χ0v) is 13.7. The van der Waals surface area contributed by atoms with E-state index in [1.807, 2.05) is 18.2 Å². The van der Waals surface area contributed by atoms with Crippen molar-refractivity contribution in [2.24, 2.45) is 0 Å². The number of aromatic nitrogens is 2. The number of rotatable bonds is 3. The second-order valence-electron chi connectivity index (χ2n) is 5.50. The molecule has 0 bridgehead atoms. The molecule has 1 atom stereocenters. The molecule has 1 aromatic heterocycles. The molecule has 0 aliphatic carbocycles. The molecule has 0 aliphatic rings. The van der Waals surface area contributed by atoms with Crippen LogP contribution in [-0.4, -0.2) is 9.97 Å². The third-order valence-electron chi connectivity index (χ3n) is 3.66. The lowest BCUT2D eigenvalue weighted by Crippen LogP contribution is -2.12. The molecule has 0 radical (unpaired) electrons. The largest absolute Gasteiger partial charge is 0.309 e. The third-order valence-corrected chi connectivity index (χ3v) is 4.93. The number of H-pyrrole nitrogens is 1. The molecule has 4 heteroatoms. The van der Waals surface area contributed by atoms with Crippen molar-refractivity contribution in [3.05, 3.63) is 69.8 Å². The summed E-state index contributed by atoms with van der Waals surface area (Å²) in [5.41, 5.74) is 3.15. The number of thioether (sulfide) groups is 1. The van der Waals surface area contributed by atoms with Gasteiger partial charge in [0.1, 0.15) is 5.82 Å². The summed E-state index contributed by atoms with van der Waals surface area (Å²) in [6.07, 6.45) is 0. The topological polar surface area (TPSA) is 45.8 Å². The van der Waals surface area contributed by atoms with Crippen molar-refractivity contribution in [2.75, 3.05) is 0 Å². The fraction of sp³-hybridized carbons (Fsp3) is 0.222. The highest BCUT2D eigenvalue weighted by Crippen LogP contribution is 2.35. The molecule has 0 spiro atoms. The lowest BCUT2D eigenvalue weighted by Gasteiger charge is -2.13. The van der Waals surface area contributed by atoms with Crippen LogP contribution in [0.5, 0.6) is 0 Å². The summed E-state index contributed by atoms with van der Waals surface area (Å²) in [5.74, 6) is 0.717. The first-order valence-corrected chi connectivity index (χ1v) is 8.15. The average molecular weight is 310 g/mol. The number of fused-ring (bicyclic) bond motifs is 1. The number of hydrogen-bond donors (Lipinski definition) is 1. The van der Waals surface area contributed by atoms with Gasteiger partial charge in [0.25, 0.3) is 5.56 Å². The second-order valence-corrected chi connectivity index (χ2v) is 6.88. The van der Waals surface area contributed by atoms with E-state index >= 15 is 0 Å². The molecule has 3 rings (SSSR count). The summed E-state index contributed by atoms with van der Waals surface area (Å²) < 4.78 is 0. The van der Waals surface area contributed by atoms with Crippen molar-refractivity contribution in [1.29, 1.82) is 0 Å². The van der Waals surface area contributed by atoms with Gasteiger partial charge in [-0.1, -0.05) is 29.8 Å². The van der Waals surface area contributed by atoms with Crippen LogP contribution in [0.25, 0.3) is 10.9 Å². The Bertz CT molecular complexity index is 886. The lowest BCUT2D eigenvalue weighted by atomic mass is 10.2. The van der Waals surface area contributed by atoms with E-state index in [9.17, 15) is 4.79 Å². The molecular weight excluding hydrogens is 292 g/mol. The molecule has 1 N–H and O–H groups in total. The fourth-order valence-electron chi connectivity index (χ4n) is 2.38. The highest BCUT2D eigenvalue weighted by molar-refractivity contribution is 7.99. The Labute approximate surface area is 133 Å². The summed E-state index contributed by atoms with van der Waals surface area (Å²) >= 11 is 1.72. The zero-order valence-electron chi connectivity index (χ0n) is 12.9. The third kappa shape index (κ3) is 2.92. The number of hydrogen-bond acceptors (Lipinski definition) is 3. The number of benzene rings is 2. The summed E-state index contributed by atoms with van der Waals surface area (Å²) in [6, 6.07) is 13.8. The van der Waals surface area contributed by atoms with E-state index in [-0.39, 0.29) is 10.8 Å². The fourth-order valence-corrected chi connectivity index (χ4v) is 3.49. The average Bonchev–Trinajstić information content (AvgIpc) is 2.51. The van der Waals surface area contributed by atoms with Gasteiger partial charge in [-0.15, -0.1) is 11.8 Å². The minimum Gasteiger partial charge on any atom is -0.309 e. The van der Waals surface area contributed by atoms with Gasteiger partial charge < -0.3 is 4.98 Å². The van der Waals surface area contributed by atoms with Gasteiger partial charge in [0.15, 0.2) is 0 Å². The van der Waals surface area contributed by atoms with Gasteiger partial charge in [-0.25, -0.2) is 4.98 Å². The molecule has 0 saturated heterocycles. The van der Waals surface area contributed by atoms with Crippen LogP contribution in [0.3, 0.4) is 0 Å². The Morgan fingerprint density at radius 1 is 1.14 bits per heavy atom. The first-order chi connectivity index (χ1) is 10.5. The minimum absolute atomic E-state index is 0.0750. The van der Waals surface area contributed by atoms with Crippen molar-refractivity contribution in [2.45, 2.75) is 30.9 Å². The van der Waals surface area contributed by atoms with Crippen LogP contribution in [0.4, 0.5) is 0 Å². The maximum Gasteiger partial charge on any atom is 0.258 e. The smallest absolute Gasteiger partial charge is 0.258 e. The van der Waals surface area contributed by atoms with Crippen molar-refractivity contribution in [3.8, 4) is 0 Å². The predicted molar refractivity (Wildman–Crippen MR) is 92.6 cm³/mol. The first-order valence-electron chi connectivity index (χ1n) is 7.27. The maximum absolute atomic E-state index is 12.2. The van der Waals surface area contributed by atoms with Crippen LogP contribution in [0, 0.1) is 13.8 Å². The minimum atomic E-state index is -0.0750. The van der Waals surface area contributed by atoms with Crippen LogP contribution in [0.2, 0.25) is 0 Å². The monoisotopic (exact) mass is 310 g/mol. The van der Waals surface area contributed by atoms with Crippen molar-refractivity contribution in [3.63, 3.8) is 0 Å². The SMILES string of the molecule is Cc1ccc(C)c(SC(C)c2nc3ccccc3c(=O)[nH]2)c1. The number of nitrogens with zero attached hydrogens (tertiary/aromatic N) is 1. The molecule has 0 aliphatic heterocycles. The first kappa shape index (κ1) is 14.9. The molecule has 1 unspecified atom stereocenters. The highest BCUT2D eigenvalue weighted by Gasteiger charge is 2.13. The van der Waals surface area contributed by atoms with Gasteiger partial charge in [-0.05, 0) is 44.5 Å². The molecular formula is C18H18N2OS. The van der Waals surface area contributed by atoms with E-state index in [0.717, 1.165) is 11.3 Å². The van der Waals surface area contributed by atoms with E-state index in [1.54, 1.807) is 17.8 Å². The Hall–Kier alpha value is -2.07. The molecule has 3 nitrogen and oxygen atoms in total. The molecule has 1 heterocycles. The Balaban J connectivity index is 1.97. The van der Waals surface area contributed by atoms with Crippen molar-refractivity contribution in [1.82, 2.24) is 9.97 Å². The van der Waals surface area contributed by atoms with E-state index in [0.29, 0.717) is 5.39 Å². The van der Waals surface area contributed by atoms with E-state index < -0.39 is 0 Å². The Morgan fingerprint density at radius 2 is 1.91 bits per heavy atom. The molecule has 0 amide bonds. The van der Waals surface area contributed by atoms with Crippen LogP contribution >= 0.6 is 11.8 Å². The number of nitrogens with one attached hydrogen (secondary N) is 1. The van der Waals surface area contributed by atoms with Gasteiger partial charge in [-0.3, -0.25) is 4.79 Å².